The molecule has 0 bridgehead atoms. The maximum atomic E-state index is 13.1. The Bertz CT molecular complexity index is 1580. The molecular formula is C27H22ClF3N2O4S. The molecule has 198 valence electrons. The van der Waals surface area contributed by atoms with Gasteiger partial charge < -0.3 is 10.1 Å². The Morgan fingerprint density at radius 1 is 0.921 bits per heavy atom. The van der Waals surface area contributed by atoms with Gasteiger partial charge in [-0.2, -0.15) is 13.2 Å². The quantitative estimate of drug-likeness (QED) is 0.240. The summed E-state index contributed by atoms with van der Waals surface area (Å²) in [4.78, 5) is 12.6. The molecule has 0 heterocycles. The second-order valence-corrected chi connectivity index (χ2v) is 10.4. The maximum absolute atomic E-state index is 13.1. The van der Waals surface area contributed by atoms with Gasteiger partial charge in [0.05, 0.1) is 15.5 Å². The number of hydrogen-bond donors (Lipinski definition) is 2. The molecule has 0 aliphatic carbocycles. The van der Waals surface area contributed by atoms with Crippen molar-refractivity contribution in [2.24, 2.45) is 0 Å². The predicted molar refractivity (Wildman–Crippen MR) is 141 cm³/mol. The molecule has 1 atom stereocenters. The van der Waals surface area contributed by atoms with E-state index in [2.05, 4.69) is 10.0 Å². The minimum atomic E-state index is -4.74. The standard InChI is InChI=1S/C27H22ClF3N2O4S/c1-2-25(37-21-11-7-17-5-3-4-6-18(17)15-21)26(34)32-19-8-12-22(13-9-19)38(35,36)33-20-10-14-24(28)23(16-20)27(29,30)31/h3-16,25,33H,2H2,1H3,(H,32,34)/t25-/m0/s1. The number of nitrogens with one attached hydrogen (secondary N) is 2. The van der Waals surface area contributed by atoms with Crippen LogP contribution in [-0.2, 0) is 21.0 Å². The number of halogens is 4. The summed E-state index contributed by atoms with van der Waals surface area (Å²) in [5.41, 5.74) is -1.13. The molecular weight excluding hydrogens is 541 g/mol. The molecule has 0 unspecified atom stereocenters. The summed E-state index contributed by atoms with van der Waals surface area (Å²) in [6.07, 6.45) is -5.16. The van der Waals surface area contributed by atoms with Crippen molar-refractivity contribution < 1.29 is 31.1 Å². The van der Waals surface area contributed by atoms with E-state index < -0.39 is 38.8 Å². The third-order valence-corrected chi connectivity index (χ3v) is 7.35. The Morgan fingerprint density at radius 2 is 1.58 bits per heavy atom. The van der Waals surface area contributed by atoms with Crippen molar-refractivity contribution >= 4 is 49.7 Å². The van der Waals surface area contributed by atoms with Crippen molar-refractivity contribution in [3.05, 3.63) is 95.5 Å². The van der Waals surface area contributed by atoms with Gasteiger partial charge in [-0.05, 0) is 71.8 Å². The number of amides is 1. The van der Waals surface area contributed by atoms with E-state index in [4.69, 9.17) is 16.3 Å². The van der Waals surface area contributed by atoms with Crippen LogP contribution in [0.25, 0.3) is 10.8 Å². The Morgan fingerprint density at radius 3 is 2.24 bits per heavy atom. The van der Waals surface area contributed by atoms with Gasteiger partial charge in [-0.1, -0.05) is 48.9 Å². The van der Waals surface area contributed by atoms with Gasteiger partial charge >= 0.3 is 6.18 Å². The van der Waals surface area contributed by atoms with E-state index in [1.165, 1.54) is 24.3 Å². The largest absolute Gasteiger partial charge is 0.481 e. The number of sulfonamides is 1. The van der Waals surface area contributed by atoms with Crippen molar-refractivity contribution in [3.8, 4) is 5.75 Å². The first kappa shape index (κ1) is 27.3. The van der Waals surface area contributed by atoms with Crippen molar-refractivity contribution in [1.29, 1.82) is 0 Å². The van der Waals surface area contributed by atoms with E-state index in [0.717, 1.165) is 22.9 Å². The third kappa shape index (κ3) is 6.38. The lowest BCUT2D eigenvalue weighted by atomic mass is 10.1. The molecule has 0 aliphatic heterocycles. The zero-order valence-corrected chi connectivity index (χ0v) is 21.5. The van der Waals surface area contributed by atoms with E-state index in [-0.39, 0.29) is 10.6 Å². The van der Waals surface area contributed by atoms with E-state index in [1.807, 2.05) is 36.4 Å². The van der Waals surface area contributed by atoms with Crippen LogP contribution >= 0.6 is 11.6 Å². The minimum absolute atomic E-state index is 0.210. The fraction of sp³-hybridized carbons (Fsp3) is 0.148. The van der Waals surface area contributed by atoms with E-state index >= 15 is 0 Å². The zero-order chi connectivity index (χ0) is 27.5. The molecule has 4 aromatic rings. The van der Waals surface area contributed by atoms with E-state index in [9.17, 15) is 26.4 Å². The molecule has 0 aliphatic rings. The van der Waals surface area contributed by atoms with Crippen LogP contribution < -0.4 is 14.8 Å². The first-order chi connectivity index (χ1) is 18.0. The highest BCUT2D eigenvalue weighted by molar-refractivity contribution is 7.92. The number of ether oxygens (including phenoxy) is 1. The van der Waals surface area contributed by atoms with Gasteiger partial charge in [-0.3, -0.25) is 9.52 Å². The van der Waals surface area contributed by atoms with Crippen LogP contribution in [0.5, 0.6) is 5.75 Å². The Balaban J connectivity index is 1.43. The SMILES string of the molecule is CC[C@H](Oc1ccc2ccccc2c1)C(=O)Nc1ccc(S(=O)(=O)Nc2ccc(Cl)c(C(F)(F)F)c2)cc1. The Hall–Kier alpha value is -3.76. The van der Waals surface area contributed by atoms with Crippen LogP contribution in [0.1, 0.15) is 18.9 Å². The first-order valence-electron chi connectivity index (χ1n) is 11.4. The number of carbonyl (C=O) groups excluding carboxylic acids is 1. The maximum Gasteiger partial charge on any atom is 0.417 e. The normalized spacial score (nSPS) is 12.7. The lowest BCUT2D eigenvalue weighted by Gasteiger charge is -2.18. The molecule has 4 aromatic carbocycles. The summed E-state index contributed by atoms with van der Waals surface area (Å²) in [6, 6.07) is 21.2. The Kier molecular flexibility index (Phi) is 7.84. The number of carbonyl (C=O) groups is 1. The number of rotatable bonds is 8. The number of anilines is 2. The fourth-order valence-corrected chi connectivity index (χ4v) is 4.96. The van der Waals surface area contributed by atoms with E-state index in [1.54, 1.807) is 13.0 Å². The Labute approximate surface area is 222 Å². The molecule has 38 heavy (non-hydrogen) atoms. The minimum Gasteiger partial charge on any atom is -0.481 e. The van der Waals surface area contributed by atoms with Crippen LogP contribution in [0.15, 0.2) is 89.8 Å². The van der Waals surface area contributed by atoms with Crippen molar-refractivity contribution in [2.45, 2.75) is 30.5 Å². The van der Waals surface area contributed by atoms with Crippen molar-refractivity contribution in [1.82, 2.24) is 0 Å². The molecule has 1 amide bonds. The van der Waals surface area contributed by atoms with Crippen LogP contribution in [0, 0.1) is 0 Å². The van der Waals surface area contributed by atoms with Gasteiger partial charge in [0.25, 0.3) is 15.9 Å². The number of fused-ring (bicyclic) bond motifs is 1. The van der Waals surface area contributed by atoms with Crippen molar-refractivity contribution in [3.63, 3.8) is 0 Å². The molecule has 4 rings (SSSR count). The van der Waals surface area contributed by atoms with Gasteiger partial charge in [-0.15, -0.1) is 0 Å². The monoisotopic (exact) mass is 562 g/mol. The topological polar surface area (TPSA) is 84.5 Å². The first-order valence-corrected chi connectivity index (χ1v) is 13.3. The fourth-order valence-electron chi connectivity index (χ4n) is 3.69. The summed E-state index contributed by atoms with van der Waals surface area (Å²) in [6.45, 7) is 1.80. The van der Waals surface area contributed by atoms with Gasteiger partial charge in [-0.25, -0.2) is 8.42 Å². The van der Waals surface area contributed by atoms with Crippen molar-refractivity contribution in [2.75, 3.05) is 10.0 Å². The predicted octanol–water partition coefficient (Wildman–Crippen LogP) is 7.11. The number of alkyl halides is 3. The van der Waals surface area contributed by atoms with Crippen LogP contribution in [-0.4, -0.2) is 20.4 Å². The molecule has 0 aromatic heterocycles. The smallest absolute Gasteiger partial charge is 0.417 e. The molecule has 0 saturated heterocycles. The van der Waals surface area contributed by atoms with Gasteiger partial charge in [0.2, 0.25) is 0 Å². The average Bonchev–Trinajstić information content (AvgIpc) is 2.87. The molecule has 0 radical (unpaired) electrons. The summed E-state index contributed by atoms with van der Waals surface area (Å²) in [7, 11) is -4.21. The summed E-state index contributed by atoms with van der Waals surface area (Å²) in [5, 5.41) is 4.16. The molecule has 11 heteroatoms. The lowest BCUT2D eigenvalue weighted by molar-refractivity contribution is -0.137. The highest BCUT2D eigenvalue weighted by atomic mass is 35.5. The van der Waals surface area contributed by atoms with E-state index in [0.29, 0.717) is 23.9 Å². The molecule has 0 saturated carbocycles. The van der Waals surface area contributed by atoms with Crippen LogP contribution in [0.4, 0.5) is 24.5 Å². The molecule has 0 fully saturated rings. The van der Waals surface area contributed by atoms with Crippen LogP contribution in [0.3, 0.4) is 0 Å². The highest BCUT2D eigenvalue weighted by Crippen LogP contribution is 2.36. The molecule has 0 spiro atoms. The number of hydrogen-bond acceptors (Lipinski definition) is 4. The van der Waals surface area contributed by atoms with Gasteiger partial charge in [0.15, 0.2) is 6.10 Å². The second kappa shape index (κ2) is 10.9. The lowest BCUT2D eigenvalue weighted by Crippen LogP contribution is -2.32. The third-order valence-electron chi connectivity index (χ3n) is 5.62. The summed E-state index contributed by atoms with van der Waals surface area (Å²) < 4.78 is 72.7. The molecule has 2 N–H and O–H groups in total. The zero-order valence-electron chi connectivity index (χ0n) is 19.9. The average molecular weight is 563 g/mol. The van der Waals surface area contributed by atoms with Gasteiger partial charge in [0, 0.05) is 11.4 Å². The number of benzene rings is 4. The summed E-state index contributed by atoms with van der Waals surface area (Å²) in [5.74, 6) is 0.115. The van der Waals surface area contributed by atoms with Crippen LogP contribution in [0.2, 0.25) is 5.02 Å². The van der Waals surface area contributed by atoms with Gasteiger partial charge in [0.1, 0.15) is 5.75 Å². The molecule has 6 nitrogen and oxygen atoms in total. The summed E-state index contributed by atoms with van der Waals surface area (Å²) >= 11 is 5.59. The second-order valence-electron chi connectivity index (χ2n) is 8.34. The highest BCUT2D eigenvalue weighted by Gasteiger charge is 2.33.